The zero-order valence-electron chi connectivity index (χ0n) is 28.4. The Bertz CT molecular complexity index is 1620. The molecule has 3 N–H and O–H groups in total. The van der Waals surface area contributed by atoms with Crippen molar-refractivity contribution in [2.45, 2.75) is 87.2 Å². The minimum absolute atomic E-state index is 0.0589. The smallest absolute Gasteiger partial charge is 0.324 e. The van der Waals surface area contributed by atoms with E-state index in [2.05, 4.69) is 22.7 Å². The summed E-state index contributed by atoms with van der Waals surface area (Å²) in [5.41, 5.74) is 13.4. The fourth-order valence-corrected chi connectivity index (χ4v) is 6.02. The van der Waals surface area contributed by atoms with Gasteiger partial charge in [0.25, 0.3) is 5.56 Å². The van der Waals surface area contributed by atoms with Crippen LogP contribution in [0.15, 0.2) is 29.1 Å². The molecule has 1 saturated heterocycles. The van der Waals surface area contributed by atoms with E-state index in [-0.39, 0.29) is 24.7 Å². The number of aromatic hydroxyl groups is 1. The Kier molecular flexibility index (Phi) is 13.2. The first-order valence-corrected chi connectivity index (χ1v) is 15.9. The highest BCUT2D eigenvalue weighted by Gasteiger charge is 2.34. The predicted molar refractivity (Wildman–Crippen MR) is 180 cm³/mol. The standard InChI is InChI=1S/C17H18N2O2.C16H22O4.C3H8N2/c1-4-6-13-10-11(2)9-12(3)14(13)15-16(20)18-7-5-8-19(18)17(15)21;1-6-19-15(17)14(16(18)20-7-2)13-11(4)8-10(3)9-12(13)5;1-2-4-5-3-1/h9-10,20H,5,7-8H2,1-3H3;8-9,14H,6-7H2,1-5H3;4-5H,1-3H2. The lowest BCUT2D eigenvalue weighted by Gasteiger charge is -2.19. The minimum Gasteiger partial charge on any atom is -0.493 e. The Morgan fingerprint density at radius 1 is 0.826 bits per heavy atom. The number of hydrogen-bond acceptors (Lipinski definition) is 8. The maximum atomic E-state index is 12.6. The van der Waals surface area contributed by atoms with Crippen molar-refractivity contribution >= 4 is 11.9 Å². The highest BCUT2D eigenvalue weighted by atomic mass is 16.6. The van der Waals surface area contributed by atoms with E-state index in [4.69, 9.17) is 9.47 Å². The molecule has 1 aromatic heterocycles. The van der Waals surface area contributed by atoms with Crippen LogP contribution < -0.4 is 16.4 Å². The fraction of sp³-hybridized carbons (Fsp3) is 0.472. The van der Waals surface area contributed by atoms with Gasteiger partial charge in [-0.25, -0.2) is 4.68 Å². The zero-order valence-corrected chi connectivity index (χ0v) is 28.4. The number of carbonyl (C=O) groups is 2. The molecule has 1 fully saturated rings. The van der Waals surface area contributed by atoms with Crippen LogP contribution in [-0.4, -0.2) is 52.7 Å². The molecule has 2 aromatic carbocycles. The Balaban J connectivity index is 0.000000217. The van der Waals surface area contributed by atoms with Gasteiger partial charge in [-0.2, -0.15) is 0 Å². The molecule has 0 radical (unpaired) electrons. The molecule has 10 nitrogen and oxygen atoms in total. The van der Waals surface area contributed by atoms with E-state index >= 15 is 0 Å². The first-order chi connectivity index (χ1) is 22.0. The Hall–Kier alpha value is -4.33. The molecule has 3 heterocycles. The molecule has 2 aliphatic rings. The largest absolute Gasteiger partial charge is 0.493 e. The number of carbonyl (C=O) groups excluding carboxylic acids is 2. The van der Waals surface area contributed by atoms with E-state index in [0.717, 1.165) is 58.5 Å². The summed E-state index contributed by atoms with van der Waals surface area (Å²) < 4.78 is 13.3. The molecule has 0 bridgehead atoms. The molecule has 0 amide bonds. The summed E-state index contributed by atoms with van der Waals surface area (Å²) >= 11 is 0. The van der Waals surface area contributed by atoms with Crippen molar-refractivity contribution in [3.05, 3.63) is 73.6 Å². The topological polar surface area (TPSA) is 124 Å². The van der Waals surface area contributed by atoms with Crippen LogP contribution in [0.2, 0.25) is 0 Å². The van der Waals surface area contributed by atoms with Crippen LogP contribution in [-0.2, 0) is 32.2 Å². The second-order valence-electron chi connectivity index (χ2n) is 11.4. The lowest BCUT2D eigenvalue weighted by Crippen LogP contribution is -2.27. The first-order valence-electron chi connectivity index (χ1n) is 15.9. The Labute approximate surface area is 272 Å². The molecule has 0 aliphatic carbocycles. The van der Waals surface area contributed by atoms with Crippen LogP contribution in [0.4, 0.5) is 0 Å². The summed E-state index contributed by atoms with van der Waals surface area (Å²) in [7, 11) is 0. The van der Waals surface area contributed by atoms with Crippen molar-refractivity contribution in [1.82, 2.24) is 20.2 Å². The third kappa shape index (κ3) is 8.47. The van der Waals surface area contributed by atoms with Crippen LogP contribution in [0.3, 0.4) is 0 Å². The van der Waals surface area contributed by atoms with Gasteiger partial charge in [-0.1, -0.05) is 29.7 Å². The predicted octanol–water partition coefficient (Wildman–Crippen LogP) is 4.72. The van der Waals surface area contributed by atoms with Crippen molar-refractivity contribution < 1.29 is 24.2 Å². The van der Waals surface area contributed by atoms with Gasteiger partial charge in [0.1, 0.15) is 5.56 Å². The average molecular weight is 633 g/mol. The maximum absolute atomic E-state index is 12.6. The summed E-state index contributed by atoms with van der Waals surface area (Å²) in [4.78, 5) is 36.9. The van der Waals surface area contributed by atoms with Gasteiger partial charge in [0.2, 0.25) is 5.88 Å². The minimum atomic E-state index is -1.00. The molecule has 0 atom stereocenters. The van der Waals surface area contributed by atoms with Crippen molar-refractivity contribution in [2.75, 3.05) is 26.3 Å². The van der Waals surface area contributed by atoms with E-state index in [0.29, 0.717) is 24.2 Å². The highest BCUT2D eigenvalue weighted by molar-refractivity contribution is 6.01. The second-order valence-corrected chi connectivity index (χ2v) is 11.4. The Morgan fingerprint density at radius 3 is 1.83 bits per heavy atom. The van der Waals surface area contributed by atoms with E-state index in [9.17, 15) is 19.5 Å². The highest BCUT2D eigenvalue weighted by Crippen LogP contribution is 2.34. The van der Waals surface area contributed by atoms with Crippen LogP contribution in [0.5, 0.6) is 5.88 Å². The van der Waals surface area contributed by atoms with Gasteiger partial charge < -0.3 is 14.6 Å². The number of hydrogen-bond donors (Lipinski definition) is 3. The number of fused-ring (bicyclic) bond motifs is 1. The summed E-state index contributed by atoms with van der Waals surface area (Å²) in [6.07, 6.45) is 2.16. The van der Waals surface area contributed by atoms with Crippen LogP contribution >= 0.6 is 0 Å². The molecule has 2 aliphatic heterocycles. The lowest BCUT2D eigenvalue weighted by atomic mass is 9.89. The number of aryl methyl sites for hydroxylation is 5. The molecule has 3 aromatic rings. The third-order valence-electron chi connectivity index (χ3n) is 7.74. The number of ether oxygens (including phenoxy) is 2. The van der Waals surface area contributed by atoms with Crippen molar-refractivity contribution in [1.29, 1.82) is 0 Å². The van der Waals surface area contributed by atoms with Gasteiger partial charge in [-0.05, 0) is 102 Å². The number of esters is 2. The second kappa shape index (κ2) is 16.8. The number of benzene rings is 2. The SMILES string of the molecule is C1CNNC1.CC#Cc1cc(C)cc(C)c1-c1c(O)n2n(c1=O)CCC2.CCOC(=O)C(C(=O)OCC)c1c(C)cc(C)cc1C. The van der Waals surface area contributed by atoms with Gasteiger partial charge in [0.15, 0.2) is 5.92 Å². The number of nitrogens with zero attached hydrogens (tertiary/aromatic N) is 2. The lowest BCUT2D eigenvalue weighted by molar-refractivity contribution is -0.157. The fourth-order valence-electron chi connectivity index (χ4n) is 6.02. The summed E-state index contributed by atoms with van der Waals surface area (Å²) in [5.74, 6) is 3.89. The molecule has 5 rings (SSSR count). The Morgan fingerprint density at radius 2 is 1.35 bits per heavy atom. The van der Waals surface area contributed by atoms with Gasteiger partial charge in [0.05, 0.1) is 13.2 Å². The van der Waals surface area contributed by atoms with E-state index < -0.39 is 17.9 Å². The molecule has 0 saturated carbocycles. The van der Waals surface area contributed by atoms with Gasteiger partial charge in [-0.15, -0.1) is 5.92 Å². The monoisotopic (exact) mass is 632 g/mol. The maximum Gasteiger partial charge on any atom is 0.324 e. The van der Waals surface area contributed by atoms with Crippen LogP contribution in [0, 0.1) is 46.5 Å². The van der Waals surface area contributed by atoms with Gasteiger partial charge in [0, 0.05) is 37.3 Å². The molecule has 10 heteroatoms. The molecule has 0 spiro atoms. The molecular formula is C36H48N4O6. The first kappa shape index (κ1) is 36.1. The number of hydrazine groups is 1. The zero-order chi connectivity index (χ0) is 34.0. The normalized spacial score (nSPS) is 13.1. The van der Waals surface area contributed by atoms with Crippen molar-refractivity contribution in [3.8, 4) is 28.8 Å². The molecular weight excluding hydrogens is 584 g/mol. The van der Waals surface area contributed by atoms with Gasteiger partial charge >= 0.3 is 11.9 Å². The summed E-state index contributed by atoms with van der Waals surface area (Å²) in [6.45, 7) is 19.0. The molecule has 0 unspecified atom stereocenters. The summed E-state index contributed by atoms with van der Waals surface area (Å²) in [6, 6.07) is 7.88. The van der Waals surface area contributed by atoms with E-state index in [1.54, 1.807) is 30.1 Å². The van der Waals surface area contributed by atoms with Crippen molar-refractivity contribution in [3.63, 3.8) is 0 Å². The third-order valence-corrected chi connectivity index (χ3v) is 7.74. The average Bonchev–Trinajstić information content (AvgIpc) is 3.76. The van der Waals surface area contributed by atoms with Gasteiger partial charge in [-0.3, -0.25) is 29.9 Å². The summed E-state index contributed by atoms with van der Waals surface area (Å²) in [5, 5.41) is 10.5. The molecule has 46 heavy (non-hydrogen) atoms. The van der Waals surface area contributed by atoms with Crippen LogP contribution in [0.1, 0.15) is 78.5 Å². The number of nitrogens with one attached hydrogen (secondary N) is 2. The van der Waals surface area contributed by atoms with E-state index in [1.165, 1.54) is 6.42 Å². The molecule has 248 valence electrons. The number of rotatable bonds is 6. The quantitative estimate of drug-likeness (QED) is 0.203. The number of aromatic nitrogens is 2. The van der Waals surface area contributed by atoms with E-state index in [1.807, 2.05) is 58.9 Å². The van der Waals surface area contributed by atoms with Crippen LogP contribution in [0.25, 0.3) is 11.1 Å². The van der Waals surface area contributed by atoms with Crippen molar-refractivity contribution in [2.24, 2.45) is 0 Å².